The molecule has 0 saturated carbocycles. The van der Waals surface area contributed by atoms with Gasteiger partial charge in [0.2, 0.25) is 0 Å². The van der Waals surface area contributed by atoms with Crippen LogP contribution in [0.1, 0.15) is 24.2 Å². The highest BCUT2D eigenvalue weighted by Gasteiger charge is 2.43. The fourth-order valence-electron chi connectivity index (χ4n) is 3.90. The van der Waals surface area contributed by atoms with Crippen LogP contribution in [0.25, 0.3) is 0 Å². The first-order chi connectivity index (χ1) is 12.2. The van der Waals surface area contributed by atoms with E-state index in [1.165, 1.54) is 0 Å². The molecule has 25 heavy (non-hydrogen) atoms. The molecule has 0 aliphatic carbocycles. The highest BCUT2D eigenvalue weighted by atomic mass is 16.6. The van der Waals surface area contributed by atoms with Crippen LogP contribution in [0.15, 0.2) is 36.7 Å². The standard InChI is InChI=1S/C19H26N4O2/c1-16-4-2-5-17(21-16)12-22-10-11-24-15-19(14-22)7-6-18(25-19)13-23-9-3-8-20-23/h2-5,8-9,18H,6-7,10-15H2,1H3. The lowest BCUT2D eigenvalue weighted by molar-refractivity contribution is -0.0905. The van der Waals surface area contributed by atoms with Gasteiger partial charge in [-0.25, -0.2) is 0 Å². The molecule has 0 amide bonds. The van der Waals surface area contributed by atoms with Gasteiger partial charge < -0.3 is 9.47 Å². The molecule has 2 aliphatic heterocycles. The maximum absolute atomic E-state index is 6.49. The monoisotopic (exact) mass is 342 g/mol. The van der Waals surface area contributed by atoms with Crippen molar-refractivity contribution in [1.82, 2.24) is 19.7 Å². The molecular formula is C19H26N4O2. The summed E-state index contributed by atoms with van der Waals surface area (Å²) in [5.74, 6) is 0. The average molecular weight is 342 g/mol. The van der Waals surface area contributed by atoms with Gasteiger partial charge in [0.05, 0.1) is 31.6 Å². The molecule has 6 nitrogen and oxygen atoms in total. The second-order valence-corrected chi connectivity index (χ2v) is 7.22. The molecule has 0 N–H and O–H groups in total. The lowest BCUT2D eigenvalue weighted by Gasteiger charge is -2.31. The second-order valence-electron chi connectivity index (χ2n) is 7.22. The van der Waals surface area contributed by atoms with Crippen molar-refractivity contribution in [1.29, 1.82) is 0 Å². The van der Waals surface area contributed by atoms with Gasteiger partial charge >= 0.3 is 0 Å². The molecule has 2 unspecified atom stereocenters. The minimum Gasteiger partial charge on any atom is -0.377 e. The number of aryl methyl sites for hydroxylation is 1. The van der Waals surface area contributed by atoms with Crippen molar-refractivity contribution in [2.75, 3.05) is 26.3 Å². The SMILES string of the molecule is Cc1cccc(CN2CCOCC3(CCC(Cn4cccn4)O3)C2)n1. The molecule has 2 atom stereocenters. The quantitative estimate of drug-likeness (QED) is 0.851. The molecule has 6 heteroatoms. The number of rotatable bonds is 4. The van der Waals surface area contributed by atoms with Gasteiger partial charge in [0.15, 0.2) is 0 Å². The summed E-state index contributed by atoms with van der Waals surface area (Å²) in [5, 5.41) is 4.30. The lowest BCUT2D eigenvalue weighted by Crippen LogP contribution is -2.44. The molecule has 134 valence electrons. The number of ether oxygens (including phenoxy) is 2. The minimum absolute atomic E-state index is 0.196. The summed E-state index contributed by atoms with van der Waals surface area (Å²) in [7, 11) is 0. The van der Waals surface area contributed by atoms with Gasteiger partial charge in [-0.15, -0.1) is 0 Å². The Kier molecular flexibility index (Phi) is 4.83. The number of hydrogen-bond acceptors (Lipinski definition) is 5. The predicted octanol–water partition coefficient (Wildman–Crippen LogP) is 2.04. The van der Waals surface area contributed by atoms with E-state index in [1.54, 1.807) is 0 Å². The fourth-order valence-corrected chi connectivity index (χ4v) is 3.90. The molecule has 4 rings (SSSR count). The third kappa shape index (κ3) is 4.08. The van der Waals surface area contributed by atoms with Gasteiger partial charge in [0.1, 0.15) is 5.60 Å². The van der Waals surface area contributed by atoms with Gasteiger partial charge in [-0.05, 0) is 38.0 Å². The topological polar surface area (TPSA) is 52.4 Å². The van der Waals surface area contributed by atoms with E-state index in [4.69, 9.17) is 9.47 Å². The van der Waals surface area contributed by atoms with Crippen molar-refractivity contribution in [2.24, 2.45) is 0 Å². The Morgan fingerprint density at radius 3 is 3.12 bits per heavy atom. The number of nitrogens with zero attached hydrogens (tertiary/aromatic N) is 4. The van der Waals surface area contributed by atoms with Crippen molar-refractivity contribution < 1.29 is 9.47 Å². The van der Waals surface area contributed by atoms with E-state index < -0.39 is 0 Å². The summed E-state index contributed by atoms with van der Waals surface area (Å²) in [6.07, 6.45) is 6.11. The third-order valence-corrected chi connectivity index (χ3v) is 5.05. The van der Waals surface area contributed by atoms with Gasteiger partial charge in [-0.2, -0.15) is 5.10 Å². The van der Waals surface area contributed by atoms with Crippen LogP contribution in [0, 0.1) is 6.92 Å². The van der Waals surface area contributed by atoms with Crippen molar-refractivity contribution in [2.45, 2.75) is 44.6 Å². The van der Waals surface area contributed by atoms with E-state index in [1.807, 2.05) is 36.1 Å². The normalized spacial score (nSPS) is 27.6. The molecule has 4 heterocycles. The van der Waals surface area contributed by atoms with Crippen LogP contribution in [-0.4, -0.2) is 57.7 Å². The fraction of sp³-hybridized carbons (Fsp3) is 0.579. The average Bonchev–Trinajstić information content (AvgIpc) is 3.18. The smallest absolute Gasteiger partial charge is 0.105 e. The molecule has 0 bridgehead atoms. The Hall–Kier alpha value is -1.76. The molecule has 2 aromatic heterocycles. The molecular weight excluding hydrogens is 316 g/mol. The highest BCUT2D eigenvalue weighted by Crippen LogP contribution is 2.34. The maximum atomic E-state index is 6.49. The Morgan fingerprint density at radius 1 is 1.32 bits per heavy atom. The van der Waals surface area contributed by atoms with E-state index in [0.717, 1.165) is 57.0 Å². The summed E-state index contributed by atoms with van der Waals surface area (Å²) in [4.78, 5) is 7.06. The van der Waals surface area contributed by atoms with Gasteiger partial charge in [0, 0.05) is 37.7 Å². The minimum atomic E-state index is -0.196. The Labute approximate surface area is 148 Å². The highest BCUT2D eigenvalue weighted by molar-refractivity contribution is 5.10. The van der Waals surface area contributed by atoms with Crippen LogP contribution in [0.5, 0.6) is 0 Å². The third-order valence-electron chi connectivity index (χ3n) is 5.05. The summed E-state index contributed by atoms with van der Waals surface area (Å²) >= 11 is 0. The first kappa shape index (κ1) is 16.7. The lowest BCUT2D eigenvalue weighted by atomic mass is 10.00. The first-order valence-corrected chi connectivity index (χ1v) is 9.09. The predicted molar refractivity (Wildman–Crippen MR) is 94.1 cm³/mol. The van der Waals surface area contributed by atoms with Crippen molar-refractivity contribution >= 4 is 0 Å². The van der Waals surface area contributed by atoms with E-state index in [-0.39, 0.29) is 11.7 Å². The molecule has 2 aliphatic rings. The number of aromatic nitrogens is 3. The van der Waals surface area contributed by atoms with Crippen LogP contribution in [0.4, 0.5) is 0 Å². The number of hydrogen-bond donors (Lipinski definition) is 0. The second kappa shape index (κ2) is 7.23. The van der Waals surface area contributed by atoms with Gasteiger partial charge in [0.25, 0.3) is 0 Å². The number of pyridine rings is 1. The van der Waals surface area contributed by atoms with Gasteiger partial charge in [-0.3, -0.25) is 14.6 Å². The van der Waals surface area contributed by atoms with Crippen LogP contribution in [0.2, 0.25) is 0 Å². The Bertz CT molecular complexity index is 690. The van der Waals surface area contributed by atoms with Crippen molar-refractivity contribution in [3.63, 3.8) is 0 Å². The Balaban J connectivity index is 1.41. The van der Waals surface area contributed by atoms with Crippen LogP contribution >= 0.6 is 0 Å². The molecule has 1 spiro atoms. The van der Waals surface area contributed by atoms with Crippen LogP contribution in [0.3, 0.4) is 0 Å². The molecule has 2 fully saturated rings. The molecule has 0 radical (unpaired) electrons. The van der Waals surface area contributed by atoms with Crippen LogP contribution < -0.4 is 0 Å². The summed E-state index contributed by atoms with van der Waals surface area (Å²) in [6.45, 7) is 6.95. The maximum Gasteiger partial charge on any atom is 0.105 e. The zero-order valence-electron chi connectivity index (χ0n) is 14.8. The summed E-state index contributed by atoms with van der Waals surface area (Å²) in [5.41, 5.74) is 1.98. The zero-order chi connectivity index (χ0) is 17.1. The van der Waals surface area contributed by atoms with E-state index in [0.29, 0.717) is 6.61 Å². The van der Waals surface area contributed by atoms with Crippen molar-refractivity contribution in [3.05, 3.63) is 48.0 Å². The van der Waals surface area contributed by atoms with E-state index in [2.05, 4.69) is 27.1 Å². The largest absolute Gasteiger partial charge is 0.377 e. The van der Waals surface area contributed by atoms with Gasteiger partial charge in [-0.1, -0.05) is 6.07 Å². The molecule has 0 aromatic carbocycles. The van der Waals surface area contributed by atoms with Crippen LogP contribution in [-0.2, 0) is 22.6 Å². The summed E-state index contributed by atoms with van der Waals surface area (Å²) < 4.78 is 14.3. The van der Waals surface area contributed by atoms with Crippen molar-refractivity contribution in [3.8, 4) is 0 Å². The zero-order valence-corrected chi connectivity index (χ0v) is 14.8. The molecule has 2 saturated heterocycles. The summed E-state index contributed by atoms with van der Waals surface area (Å²) in [6, 6.07) is 8.17. The first-order valence-electron chi connectivity index (χ1n) is 9.09. The van der Waals surface area contributed by atoms with E-state index in [9.17, 15) is 0 Å². The Morgan fingerprint density at radius 2 is 2.28 bits per heavy atom. The van der Waals surface area contributed by atoms with E-state index >= 15 is 0 Å². The molecule has 2 aromatic rings.